The number of methoxy groups -OCH3 is 1. The Bertz CT molecular complexity index is 1350. The molecule has 3 amide bonds. The molecule has 1 aliphatic rings. The van der Waals surface area contributed by atoms with E-state index >= 15 is 0 Å². The molecular weight excluding hydrogens is 543 g/mol. The lowest BCUT2D eigenvalue weighted by Crippen LogP contribution is -2.45. The van der Waals surface area contributed by atoms with Gasteiger partial charge in [0.1, 0.15) is 17.9 Å². The zero-order chi connectivity index (χ0) is 29.4. The summed E-state index contributed by atoms with van der Waals surface area (Å²) in [6.07, 6.45) is -4.06. The molecule has 1 aliphatic heterocycles. The SMILES string of the molecule is CCN1CCN(Cc2ccc(NC(=O)Nc3ccc(Oc4cc(NC(=O)OC)ncn4)cc3)cc2C(F)(F)F)CC1. The van der Waals surface area contributed by atoms with Crippen LogP contribution in [-0.2, 0) is 17.5 Å². The fraction of sp³-hybridized carbons (Fsp3) is 0.333. The predicted octanol–water partition coefficient (Wildman–Crippen LogP) is 5.25. The van der Waals surface area contributed by atoms with Gasteiger partial charge in [0.25, 0.3) is 0 Å². The first-order chi connectivity index (χ1) is 19.6. The minimum Gasteiger partial charge on any atom is -0.453 e. The number of hydrogen-bond acceptors (Lipinski definition) is 8. The van der Waals surface area contributed by atoms with Gasteiger partial charge in [0.05, 0.1) is 12.7 Å². The van der Waals surface area contributed by atoms with E-state index in [0.717, 1.165) is 25.7 Å². The van der Waals surface area contributed by atoms with Gasteiger partial charge in [-0.1, -0.05) is 13.0 Å². The lowest BCUT2D eigenvalue weighted by atomic mass is 10.0. The maximum absolute atomic E-state index is 13.9. The van der Waals surface area contributed by atoms with Gasteiger partial charge in [-0.05, 0) is 48.5 Å². The smallest absolute Gasteiger partial charge is 0.416 e. The quantitative estimate of drug-likeness (QED) is 0.334. The Kier molecular flexibility index (Phi) is 9.57. The van der Waals surface area contributed by atoms with Crippen molar-refractivity contribution in [3.63, 3.8) is 0 Å². The summed E-state index contributed by atoms with van der Waals surface area (Å²) < 4.78 is 51.8. The minimum absolute atomic E-state index is 0.0226. The van der Waals surface area contributed by atoms with Crippen LogP contribution in [0, 0.1) is 0 Å². The van der Waals surface area contributed by atoms with Crippen molar-refractivity contribution in [1.82, 2.24) is 19.8 Å². The van der Waals surface area contributed by atoms with Crippen molar-refractivity contribution < 1.29 is 32.2 Å². The number of ether oxygens (including phenoxy) is 2. The normalized spacial score (nSPS) is 14.3. The summed E-state index contributed by atoms with van der Waals surface area (Å²) in [4.78, 5) is 36.0. The van der Waals surface area contributed by atoms with Gasteiger partial charge in [-0.25, -0.2) is 19.6 Å². The Balaban J connectivity index is 1.35. The number of amides is 3. The molecule has 3 N–H and O–H groups in total. The number of likely N-dealkylation sites (N-methyl/N-ethyl adjacent to an activating group) is 1. The van der Waals surface area contributed by atoms with Crippen LogP contribution in [0.25, 0.3) is 0 Å². The molecule has 0 aliphatic carbocycles. The average Bonchev–Trinajstić information content (AvgIpc) is 2.95. The molecule has 218 valence electrons. The van der Waals surface area contributed by atoms with Crippen LogP contribution in [0.3, 0.4) is 0 Å². The molecule has 0 spiro atoms. The second kappa shape index (κ2) is 13.3. The summed E-state index contributed by atoms with van der Waals surface area (Å²) in [7, 11) is 1.22. The van der Waals surface area contributed by atoms with Crippen LogP contribution >= 0.6 is 0 Å². The van der Waals surface area contributed by atoms with E-state index < -0.39 is 23.9 Å². The van der Waals surface area contributed by atoms with Gasteiger partial charge in [0.15, 0.2) is 0 Å². The molecule has 0 bridgehead atoms. The van der Waals surface area contributed by atoms with Gasteiger partial charge >= 0.3 is 18.3 Å². The molecule has 41 heavy (non-hydrogen) atoms. The van der Waals surface area contributed by atoms with E-state index in [1.54, 1.807) is 24.3 Å². The van der Waals surface area contributed by atoms with Crippen LogP contribution in [0.4, 0.5) is 40.0 Å². The predicted molar refractivity (Wildman–Crippen MR) is 146 cm³/mol. The number of halogens is 3. The van der Waals surface area contributed by atoms with Crippen molar-refractivity contribution in [3.05, 3.63) is 66.0 Å². The number of carbonyl (C=O) groups excluding carboxylic acids is 2. The zero-order valence-corrected chi connectivity index (χ0v) is 22.5. The minimum atomic E-state index is -4.57. The van der Waals surface area contributed by atoms with Crippen LogP contribution < -0.4 is 20.7 Å². The number of benzene rings is 2. The second-order valence-corrected chi connectivity index (χ2v) is 9.14. The van der Waals surface area contributed by atoms with E-state index in [1.807, 2.05) is 4.90 Å². The van der Waals surface area contributed by atoms with Gasteiger partial charge < -0.3 is 25.0 Å². The molecule has 3 aromatic rings. The number of alkyl halides is 3. The fourth-order valence-electron chi connectivity index (χ4n) is 4.20. The fourth-order valence-corrected chi connectivity index (χ4v) is 4.20. The van der Waals surface area contributed by atoms with Crippen LogP contribution in [0.1, 0.15) is 18.1 Å². The molecule has 0 saturated carbocycles. The topological polar surface area (TPSA) is 121 Å². The highest BCUT2D eigenvalue weighted by molar-refractivity contribution is 5.99. The molecule has 4 rings (SSSR count). The van der Waals surface area contributed by atoms with Gasteiger partial charge in [0, 0.05) is 50.2 Å². The number of nitrogens with one attached hydrogen (secondary N) is 3. The Hall–Kier alpha value is -4.43. The van der Waals surface area contributed by atoms with Crippen LogP contribution in [0.5, 0.6) is 11.6 Å². The first kappa shape index (κ1) is 29.6. The largest absolute Gasteiger partial charge is 0.453 e. The highest BCUT2D eigenvalue weighted by Gasteiger charge is 2.34. The molecule has 0 unspecified atom stereocenters. The number of anilines is 3. The van der Waals surface area contributed by atoms with E-state index in [4.69, 9.17) is 4.74 Å². The molecule has 2 heterocycles. The third kappa shape index (κ3) is 8.53. The standard InChI is InChI=1S/C27H30F3N7O4/c1-3-36-10-12-37(13-11-36)16-18-4-5-20(14-22(18)27(28,29)30)34-25(38)33-19-6-8-21(9-7-19)41-24-15-23(31-17-32-24)35-26(39)40-2/h4-9,14-15,17H,3,10-13,16H2,1-2H3,(H2,33,34,38)(H,31,32,35,39). The van der Waals surface area contributed by atoms with Gasteiger partial charge in [0.2, 0.25) is 5.88 Å². The van der Waals surface area contributed by atoms with E-state index in [0.29, 0.717) is 24.5 Å². The monoisotopic (exact) mass is 573 g/mol. The first-order valence-electron chi connectivity index (χ1n) is 12.8. The highest BCUT2D eigenvalue weighted by atomic mass is 19.4. The van der Waals surface area contributed by atoms with Gasteiger partial charge in [-0.2, -0.15) is 13.2 Å². The molecule has 0 atom stereocenters. The van der Waals surface area contributed by atoms with Crippen LogP contribution in [0.2, 0.25) is 0 Å². The lowest BCUT2D eigenvalue weighted by molar-refractivity contribution is -0.138. The van der Waals surface area contributed by atoms with Crippen LogP contribution in [-0.4, -0.2) is 71.7 Å². The van der Waals surface area contributed by atoms with E-state index in [1.165, 1.54) is 31.6 Å². The summed E-state index contributed by atoms with van der Waals surface area (Å²) >= 11 is 0. The molecular formula is C27H30F3N7O4. The molecule has 2 aromatic carbocycles. The molecule has 11 nitrogen and oxygen atoms in total. The van der Waals surface area contributed by atoms with Crippen LogP contribution in [0.15, 0.2) is 54.9 Å². The van der Waals surface area contributed by atoms with Crippen molar-refractivity contribution >= 4 is 29.3 Å². The molecule has 1 fully saturated rings. The molecule has 1 saturated heterocycles. The Morgan fingerprint density at radius 1 is 0.902 bits per heavy atom. The maximum atomic E-state index is 13.9. The maximum Gasteiger partial charge on any atom is 0.416 e. The van der Waals surface area contributed by atoms with Gasteiger partial charge in [-0.15, -0.1) is 0 Å². The lowest BCUT2D eigenvalue weighted by Gasteiger charge is -2.34. The zero-order valence-electron chi connectivity index (χ0n) is 22.5. The second-order valence-electron chi connectivity index (χ2n) is 9.14. The molecule has 1 aromatic heterocycles. The summed E-state index contributed by atoms with van der Waals surface area (Å²) in [6.45, 7) is 6.21. The van der Waals surface area contributed by atoms with Crippen molar-refractivity contribution in [1.29, 1.82) is 0 Å². The average molecular weight is 574 g/mol. The van der Waals surface area contributed by atoms with E-state index in [-0.39, 0.29) is 29.5 Å². The Morgan fingerprint density at radius 2 is 1.56 bits per heavy atom. The number of hydrogen-bond donors (Lipinski definition) is 3. The third-order valence-electron chi connectivity index (χ3n) is 6.37. The third-order valence-corrected chi connectivity index (χ3v) is 6.37. The number of nitrogens with zero attached hydrogens (tertiary/aromatic N) is 4. The first-order valence-corrected chi connectivity index (χ1v) is 12.8. The Morgan fingerprint density at radius 3 is 2.22 bits per heavy atom. The summed E-state index contributed by atoms with van der Waals surface area (Å²) in [5.41, 5.74) is -0.204. The number of rotatable bonds is 8. The van der Waals surface area contributed by atoms with Gasteiger partial charge in [-0.3, -0.25) is 10.2 Å². The van der Waals surface area contributed by atoms with Crippen molar-refractivity contribution in [2.45, 2.75) is 19.6 Å². The highest BCUT2D eigenvalue weighted by Crippen LogP contribution is 2.34. The van der Waals surface area contributed by atoms with Crippen molar-refractivity contribution in [2.24, 2.45) is 0 Å². The molecule has 0 radical (unpaired) electrons. The van der Waals surface area contributed by atoms with Crippen molar-refractivity contribution in [2.75, 3.05) is 55.8 Å². The summed E-state index contributed by atoms with van der Waals surface area (Å²) in [6, 6.07) is 10.7. The number of piperazine rings is 1. The molecule has 14 heteroatoms. The number of urea groups is 1. The Labute approximate surface area is 234 Å². The number of carbonyl (C=O) groups is 2. The number of aromatic nitrogens is 2. The van der Waals surface area contributed by atoms with E-state index in [2.05, 4.69) is 42.5 Å². The summed E-state index contributed by atoms with van der Waals surface area (Å²) in [5.74, 6) is 0.700. The van der Waals surface area contributed by atoms with Crippen molar-refractivity contribution in [3.8, 4) is 11.6 Å². The summed E-state index contributed by atoms with van der Waals surface area (Å²) in [5, 5.41) is 7.44. The van der Waals surface area contributed by atoms with E-state index in [9.17, 15) is 22.8 Å².